The molecule has 5 heteroatoms. The van der Waals surface area contributed by atoms with Crippen LogP contribution in [0.15, 0.2) is 18.3 Å². The topological polar surface area (TPSA) is 82.2 Å². The Labute approximate surface area is 81.1 Å². The summed E-state index contributed by atoms with van der Waals surface area (Å²) in [6.07, 6.45) is 1.52. The highest BCUT2D eigenvalue weighted by Gasteiger charge is 2.16. The fraction of sp³-hybridized carbons (Fsp3) is 0.333. The number of carbonyl (C=O) groups excluding carboxylic acids is 1. The van der Waals surface area contributed by atoms with Crippen LogP contribution in [0.25, 0.3) is 0 Å². The van der Waals surface area contributed by atoms with Gasteiger partial charge in [-0.2, -0.15) is 0 Å². The molecule has 1 rings (SSSR count). The number of carbonyl (C=O) groups is 2. The van der Waals surface area contributed by atoms with Gasteiger partial charge in [-0.3, -0.25) is 9.59 Å². The van der Waals surface area contributed by atoms with Gasteiger partial charge in [0.25, 0.3) is 0 Å². The molecule has 0 aliphatic heterocycles. The molecule has 0 spiro atoms. The number of carboxylic acids is 1. The van der Waals surface area contributed by atoms with Gasteiger partial charge in [-0.1, -0.05) is 6.92 Å². The zero-order valence-corrected chi connectivity index (χ0v) is 7.78. The summed E-state index contributed by atoms with van der Waals surface area (Å²) >= 11 is 0. The average Bonchev–Trinajstić information content (AvgIpc) is 2.55. The number of carboxylic acid groups (broad SMARTS) is 1. The lowest BCUT2D eigenvalue weighted by Gasteiger charge is -2.08. The Bertz CT molecular complexity index is 319. The predicted octanol–water partition coefficient (Wildman–Crippen LogP) is 1.06. The van der Waals surface area contributed by atoms with Crippen molar-refractivity contribution in [2.75, 3.05) is 5.32 Å². The third kappa shape index (κ3) is 2.93. The van der Waals surface area contributed by atoms with E-state index in [4.69, 9.17) is 5.11 Å². The Hall–Kier alpha value is -1.78. The smallest absolute Gasteiger partial charge is 0.304 e. The highest BCUT2D eigenvalue weighted by Crippen LogP contribution is 2.07. The molecule has 0 saturated heterocycles. The first kappa shape index (κ1) is 10.3. The van der Waals surface area contributed by atoms with Crippen molar-refractivity contribution in [3.8, 4) is 0 Å². The van der Waals surface area contributed by atoms with Gasteiger partial charge in [0, 0.05) is 12.1 Å². The van der Waals surface area contributed by atoms with E-state index in [0.29, 0.717) is 5.82 Å². The number of aromatic amines is 1. The molecule has 5 nitrogen and oxygen atoms in total. The van der Waals surface area contributed by atoms with E-state index in [1.165, 1.54) is 0 Å². The minimum Gasteiger partial charge on any atom is -0.481 e. The van der Waals surface area contributed by atoms with Crippen molar-refractivity contribution in [3.05, 3.63) is 18.3 Å². The first-order valence-corrected chi connectivity index (χ1v) is 4.25. The van der Waals surface area contributed by atoms with Crippen LogP contribution in [0, 0.1) is 5.92 Å². The van der Waals surface area contributed by atoms with Crippen molar-refractivity contribution in [2.24, 2.45) is 5.92 Å². The van der Waals surface area contributed by atoms with Gasteiger partial charge in [0.1, 0.15) is 5.82 Å². The summed E-state index contributed by atoms with van der Waals surface area (Å²) in [5, 5.41) is 11.0. The van der Waals surface area contributed by atoms with Crippen molar-refractivity contribution >= 4 is 17.7 Å². The highest BCUT2D eigenvalue weighted by atomic mass is 16.4. The molecular formula is C9H12N2O3. The molecule has 0 aliphatic rings. The number of amides is 1. The molecule has 1 heterocycles. The Morgan fingerprint density at radius 2 is 2.36 bits per heavy atom. The van der Waals surface area contributed by atoms with E-state index in [1.807, 2.05) is 0 Å². The Kier molecular flexibility index (Phi) is 3.28. The number of aromatic nitrogens is 1. The lowest BCUT2D eigenvalue weighted by atomic mass is 10.1. The second kappa shape index (κ2) is 4.45. The molecule has 0 bridgehead atoms. The van der Waals surface area contributed by atoms with Crippen LogP contribution in [0.1, 0.15) is 13.3 Å². The summed E-state index contributed by atoms with van der Waals surface area (Å²) < 4.78 is 0. The van der Waals surface area contributed by atoms with E-state index in [9.17, 15) is 9.59 Å². The van der Waals surface area contributed by atoms with E-state index < -0.39 is 11.9 Å². The van der Waals surface area contributed by atoms with Crippen molar-refractivity contribution in [1.29, 1.82) is 0 Å². The fourth-order valence-corrected chi connectivity index (χ4v) is 1.02. The largest absolute Gasteiger partial charge is 0.481 e. The van der Waals surface area contributed by atoms with E-state index in [1.54, 1.807) is 25.3 Å². The minimum absolute atomic E-state index is 0.160. The van der Waals surface area contributed by atoms with Gasteiger partial charge in [0.05, 0.1) is 6.42 Å². The Morgan fingerprint density at radius 3 is 2.86 bits per heavy atom. The van der Waals surface area contributed by atoms with E-state index >= 15 is 0 Å². The molecule has 3 N–H and O–H groups in total. The van der Waals surface area contributed by atoms with Crippen LogP contribution >= 0.6 is 0 Å². The Morgan fingerprint density at radius 1 is 1.64 bits per heavy atom. The molecule has 1 aromatic rings. The van der Waals surface area contributed by atoms with Crippen molar-refractivity contribution < 1.29 is 14.7 Å². The zero-order chi connectivity index (χ0) is 10.6. The number of hydrogen-bond acceptors (Lipinski definition) is 2. The van der Waals surface area contributed by atoms with Gasteiger partial charge >= 0.3 is 5.97 Å². The second-order valence-corrected chi connectivity index (χ2v) is 3.07. The summed E-state index contributed by atoms with van der Waals surface area (Å²) in [5.74, 6) is -1.22. The normalized spacial score (nSPS) is 12.1. The number of H-pyrrole nitrogens is 1. The van der Waals surface area contributed by atoms with Crippen LogP contribution in [0.5, 0.6) is 0 Å². The van der Waals surface area contributed by atoms with Gasteiger partial charge in [-0.15, -0.1) is 0 Å². The quantitative estimate of drug-likeness (QED) is 0.673. The molecule has 1 unspecified atom stereocenters. The van der Waals surface area contributed by atoms with Crippen LogP contribution in [0.3, 0.4) is 0 Å². The van der Waals surface area contributed by atoms with Crippen LogP contribution in [0.2, 0.25) is 0 Å². The first-order chi connectivity index (χ1) is 6.59. The first-order valence-electron chi connectivity index (χ1n) is 4.25. The standard InChI is InChI=1S/C9H12N2O3/c1-6(5-8(12)13)9(14)11-7-3-2-4-10-7/h2-4,6,10H,5H2,1H3,(H,11,14)(H,12,13). The molecule has 0 aliphatic carbocycles. The maximum atomic E-state index is 11.4. The molecule has 0 saturated carbocycles. The molecule has 1 atom stereocenters. The predicted molar refractivity (Wildman–Crippen MR) is 50.8 cm³/mol. The summed E-state index contributed by atoms with van der Waals surface area (Å²) in [4.78, 5) is 24.5. The van der Waals surface area contributed by atoms with Gasteiger partial charge in [0.15, 0.2) is 0 Å². The van der Waals surface area contributed by atoms with E-state index in [2.05, 4.69) is 10.3 Å². The van der Waals surface area contributed by atoms with Crippen LogP contribution in [-0.2, 0) is 9.59 Å². The molecule has 0 fully saturated rings. The second-order valence-electron chi connectivity index (χ2n) is 3.07. The third-order valence-corrected chi connectivity index (χ3v) is 1.78. The molecule has 14 heavy (non-hydrogen) atoms. The van der Waals surface area contributed by atoms with Gasteiger partial charge < -0.3 is 15.4 Å². The molecule has 76 valence electrons. The lowest BCUT2D eigenvalue weighted by Crippen LogP contribution is -2.22. The lowest BCUT2D eigenvalue weighted by molar-refractivity contribution is -0.139. The minimum atomic E-state index is -0.973. The molecular weight excluding hydrogens is 184 g/mol. The number of hydrogen-bond donors (Lipinski definition) is 3. The van der Waals surface area contributed by atoms with Gasteiger partial charge in [0.2, 0.25) is 5.91 Å². The average molecular weight is 196 g/mol. The maximum absolute atomic E-state index is 11.4. The summed E-state index contributed by atoms with van der Waals surface area (Å²) in [6.45, 7) is 1.58. The fourth-order valence-electron chi connectivity index (χ4n) is 1.02. The molecule has 1 aromatic heterocycles. The van der Waals surface area contributed by atoms with Gasteiger partial charge in [-0.05, 0) is 12.1 Å². The van der Waals surface area contributed by atoms with Crippen LogP contribution in [0.4, 0.5) is 5.82 Å². The van der Waals surface area contributed by atoms with E-state index in [0.717, 1.165) is 0 Å². The monoisotopic (exact) mass is 196 g/mol. The van der Waals surface area contributed by atoms with Gasteiger partial charge in [-0.25, -0.2) is 0 Å². The van der Waals surface area contributed by atoms with Crippen LogP contribution < -0.4 is 5.32 Å². The summed E-state index contributed by atoms with van der Waals surface area (Å²) in [5.41, 5.74) is 0. The van der Waals surface area contributed by atoms with E-state index in [-0.39, 0.29) is 12.3 Å². The SMILES string of the molecule is CC(CC(=O)O)C(=O)Nc1ccc[nH]1. The maximum Gasteiger partial charge on any atom is 0.304 e. The highest BCUT2D eigenvalue weighted by molar-refractivity contribution is 5.93. The third-order valence-electron chi connectivity index (χ3n) is 1.78. The molecule has 0 aromatic carbocycles. The number of rotatable bonds is 4. The Balaban J connectivity index is 2.46. The zero-order valence-electron chi connectivity index (χ0n) is 7.78. The van der Waals surface area contributed by atoms with Crippen LogP contribution in [-0.4, -0.2) is 22.0 Å². The summed E-state index contributed by atoms with van der Waals surface area (Å²) in [7, 11) is 0. The molecule has 1 amide bonds. The summed E-state index contributed by atoms with van der Waals surface area (Å²) in [6, 6.07) is 3.45. The molecule has 0 radical (unpaired) electrons. The van der Waals surface area contributed by atoms with Crippen molar-refractivity contribution in [1.82, 2.24) is 4.98 Å². The van der Waals surface area contributed by atoms with Crippen molar-refractivity contribution in [3.63, 3.8) is 0 Å². The number of anilines is 1. The number of nitrogens with one attached hydrogen (secondary N) is 2. The van der Waals surface area contributed by atoms with Crippen molar-refractivity contribution in [2.45, 2.75) is 13.3 Å². The number of aliphatic carboxylic acids is 1.